The van der Waals surface area contributed by atoms with Crippen LogP contribution < -0.4 is 4.90 Å². The van der Waals surface area contributed by atoms with Crippen molar-refractivity contribution in [1.29, 1.82) is 0 Å². The van der Waals surface area contributed by atoms with Gasteiger partial charge in [0.15, 0.2) is 0 Å². The number of carbonyl (C=O) groups is 1. The molecule has 8 nitrogen and oxygen atoms in total. The monoisotopic (exact) mass is 452 g/mol. The molecule has 0 spiro atoms. The zero-order valence-corrected chi connectivity index (χ0v) is 18.6. The molecule has 2 aliphatic rings. The Labute approximate surface area is 186 Å². The Kier molecular flexibility index (Phi) is 5.30. The highest BCUT2D eigenvalue weighted by Gasteiger charge is 2.35. The molecule has 0 unspecified atom stereocenters. The van der Waals surface area contributed by atoms with Gasteiger partial charge in [-0.25, -0.2) is 8.42 Å². The van der Waals surface area contributed by atoms with E-state index in [2.05, 4.69) is 16.2 Å². The summed E-state index contributed by atoms with van der Waals surface area (Å²) in [5.74, 6) is 0.707. The predicted octanol–water partition coefficient (Wildman–Crippen LogP) is 3.04. The number of rotatable bonds is 4. The highest BCUT2D eigenvalue weighted by atomic mass is 32.2. The number of aryl methyl sites for hydroxylation is 1. The van der Waals surface area contributed by atoms with E-state index in [4.69, 9.17) is 4.52 Å². The number of nitrogens with zero attached hydrogens (tertiary/aromatic N) is 4. The van der Waals surface area contributed by atoms with Crippen LogP contribution in [0.1, 0.15) is 24.3 Å². The number of piperidine rings is 1. The zero-order valence-electron chi connectivity index (χ0n) is 17.8. The van der Waals surface area contributed by atoms with E-state index >= 15 is 0 Å². The van der Waals surface area contributed by atoms with Crippen molar-refractivity contribution in [3.8, 4) is 11.4 Å². The number of para-hydroxylation sites is 1. The number of fused-ring (bicyclic) bond motifs is 1. The number of amides is 1. The average Bonchev–Trinajstić information content (AvgIpc) is 3.45. The topological polar surface area (TPSA) is 96.6 Å². The molecule has 32 heavy (non-hydrogen) atoms. The Morgan fingerprint density at radius 1 is 1.06 bits per heavy atom. The van der Waals surface area contributed by atoms with Crippen LogP contribution in [0.5, 0.6) is 0 Å². The van der Waals surface area contributed by atoms with Crippen LogP contribution in [0.4, 0.5) is 5.69 Å². The molecule has 2 aliphatic heterocycles. The normalized spacial score (nSPS) is 17.5. The maximum atomic E-state index is 13.2. The maximum Gasteiger partial charge on any atom is 0.243 e. The van der Waals surface area contributed by atoms with Crippen LogP contribution in [0.2, 0.25) is 0 Å². The molecular formula is C23H24N4O4S. The fraction of sp³-hybridized carbons (Fsp3) is 0.348. The van der Waals surface area contributed by atoms with E-state index < -0.39 is 10.0 Å². The summed E-state index contributed by atoms with van der Waals surface area (Å²) in [4.78, 5) is 19.4. The Bertz CT molecular complexity index is 1260. The van der Waals surface area contributed by atoms with Gasteiger partial charge >= 0.3 is 0 Å². The number of hydrogen-bond acceptors (Lipinski definition) is 6. The van der Waals surface area contributed by atoms with Gasteiger partial charge in [0.2, 0.25) is 27.6 Å². The third kappa shape index (κ3) is 3.71. The van der Waals surface area contributed by atoms with Crippen LogP contribution in [-0.4, -0.2) is 48.4 Å². The summed E-state index contributed by atoms with van der Waals surface area (Å²) in [7, 11) is -3.68. The molecule has 0 N–H and O–H groups in total. The SMILES string of the molecule is Cc1nc(-c2cccc(S(=O)(=O)N3CCC(C(=O)N4CCc5ccccc54)CC3)c2)no1. The van der Waals surface area contributed by atoms with Crippen molar-refractivity contribution >= 4 is 21.6 Å². The first kappa shape index (κ1) is 20.8. The van der Waals surface area contributed by atoms with E-state index in [1.807, 2.05) is 23.1 Å². The van der Waals surface area contributed by atoms with E-state index in [1.165, 1.54) is 9.87 Å². The minimum atomic E-state index is -3.68. The first-order chi connectivity index (χ1) is 15.4. The van der Waals surface area contributed by atoms with Crippen molar-refractivity contribution in [2.75, 3.05) is 24.5 Å². The standard InChI is InChI=1S/C23H24N4O4S/c1-16-24-22(25-31-16)19-6-4-7-20(15-19)32(29,30)26-12-9-18(10-13-26)23(28)27-14-11-17-5-2-3-8-21(17)27/h2-8,15,18H,9-14H2,1H3. The predicted molar refractivity (Wildman–Crippen MR) is 118 cm³/mol. The first-order valence-electron chi connectivity index (χ1n) is 10.7. The summed E-state index contributed by atoms with van der Waals surface area (Å²) in [6.07, 6.45) is 1.90. The van der Waals surface area contributed by atoms with Gasteiger partial charge in [0.25, 0.3) is 0 Å². The molecule has 166 valence electrons. The van der Waals surface area contributed by atoms with E-state index in [1.54, 1.807) is 31.2 Å². The third-order valence-electron chi connectivity index (χ3n) is 6.21. The summed E-state index contributed by atoms with van der Waals surface area (Å²) < 4.78 is 32.9. The van der Waals surface area contributed by atoms with Crippen LogP contribution in [0.3, 0.4) is 0 Å². The summed E-state index contributed by atoms with van der Waals surface area (Å²) in [5, 5.41) is 3.87. The second kappa shape index (κ2) is 8.14. The fourth-order valence-corrected chi connectivity index (χ4v) is 6.01. The number of sulfonamides is 1. The second-order valence-corrected chi connectivity index (χ2v) is 10.1. The van der Waals surface area contributed by atoms with Crippen molar-refractivity contribution in [3.63, 3.8) is 0 Å². The molecule has 3 heterocycles. The molecule has 1 aromatic heterocycles. The van der Waals surface area contributed by atoms with Gasteiger partial charge in [-0.3, -0.25) is 4.79 Å². The molecule has 0 aliphatic carbocycles. The number of benzene rings is 2. The molecule has 0 bridgehead atoms. The van der Waals surface area contributed by atoms with Gasteiger partial charge in [0, 0.05) is 43.7 Å². The molecule has 0 saturated carbocycles. The summed E-state index contributed by atoms with van der Waals surface area (Å²) in [6.45, 7) is 3.02. The average molecular weight is 453 g/mol. The third-order valence-corrected chi connectivity index (χ3v) is 8.11. The molecule has 0 radical (unpaired) electrons. The van der Waals surface area contributed by atoms with Crippen LogP contribution in [-0.2, 0) is 21.2 Å². The van der Waals surface area contributed by atoms with Crippen molar-refractivity contribution < 1.29 is 17.7 Å². The fourth-order valence-electron chi connectivity index (χ4n) is 4.49. The quantitative estimate of drug-likeness (QED) is 0.604. The highest BCUT2D eigenvalue weighted by molar-refractivity contribution is 7.89. The molecule has 2 aromatic carbocycles. The molecule has 0 atom stereocenters. The van der Waals surface area contributed by atoms with Crippen LogP contribution >= 0.6 is 0 Å². The smallest absolute Gasteiger partial charge is 0.243 e. The van der Waals surface area contributed by atoms with E-state index in [0.717, 1.165) is 12.1 Å². The molecular weight excluding hydrogens is 428 g/mol. The molecule has 1 saturated heterocycles. The zero-order chi connectivity index (χ0) is 22.3. The molecule has 9 heteroatoms. The number of aromatic nitrogens is 2. The van der Waals surface area contributed by atoms with Crippen LogP contribution in [0.25, 0.3) is 11.4 Å². The van der Waals surface area contributed by atoms with E-state index in [0.29, 0.717) is 49.8 Å². The van der Waals surface area contributed by atoms with Gasteiger partial charge in [-0.2, -0.15) is 9.29 Å². The number of anilines is 1. The number of carbonyl (C=O) groups excluding carboxylic acids is 1. The van der Waals surface area contributed by atoms with Crippen molar-refractivity contribution in [1.82, 2.24) is 14.4 Å². The Hall–Kier alpha value is -3.04. The summed E-state index contributed by atoms with van der Waals surface area (Å²) >= 11 is 0. The van der Waals surface area contributed by atoms with Crippen molar-refractivity contribution in [3.05, 3.63) is 60.0 Å². The molecule has 1 fully saturated rings. The van der Waals surface area contributed by atoms with Crippen LogP contribution in [0, 0.1) is 12.8 Å². The highest BCUT2D eigenvalue weighted by Crippen LogP contribution is 2.32. The van der Waals surface area contributed by atoms with Gasteiger partial charge < -0.3 is 9.42 Å². The maximum absolute atomic E-state index is 13.2. The van der Waals surface area contributed by atoms with Gasteiger partial charge in [0.05, 0.1) is 4.90 Å². The lowest BCUT2D eigenvalue weighted by atomic mass is 9.96. The van der Waals surface area contributed by atoms with Gasteiger partial charge in [0.1, 0.15) is 0 Å². The lowest BCUT2D eigenvalue weighted by Gasteiger charge is -2.32. The largest absolute Gasteiger partial charge is 0.339 e. The van der Waals surface area contributed by atoms with Gasteiger partial charge in [-0.1, -0.05) is 35.5 Å². The number of hydrogen-bond donors (Lipinski definition) is 0. The Morgan fingerprint density at radius 3 is 2.59 bits per heavy atom. The van der Waals surface area contributed by atoms with E-state index in [-0.39, 0.29) is 16.7 Å². The summed E-state index contributed by atoms with van der Waals surface area (Å²) in [6, 6.07) is 14.5. The van der Waals surface area contributed by atoms with E-state index in [9.17, 15) is 13.2 Å². The van der Waals surface area contributed by atoms with Crippen LogP contribution in [0.15, 0.2) is 57.9 Å². The molecule has 5 rings (SSSR count). The van der Waals surface area contributed by atoms with Gasteiger partial charge in [-0.05, 0) is 43.0 Å². The van der Waals surface area contributed by atoms with Crippen molar-refractivity contribution in [2.24, 2.45) is 5.92 Å². The van der Waals surface area contributed by atoms with Gasteiger partial charge in [-0.15, -0.1) is 0 Å². The lowest BCUT2D eigenvalue weighted by molar-refractivity contribution is -0.123. The Morgan fingerprint density at radius 2 is 1.84 bits per heavy atom. The Balaban J connectivity index is 1.28. The first-order valence-corrected chi connectivity index (χ1v) is 12.2. The summed E-state index contributed by atoms with van der Waals surface area (Å²) in [5.41, 5.74) is 2.76. The van der Waals surface area contributed by atoms with Crippen molar-refractivity contribution in [2.45, 2.75) is 31.1 Å². The second-order valence-electron chi connectivity index (χ2n) is 8.21. The minimum Gasteiger partial charge on any atom is -0.339 e. The molecule has 3 aromatic rings. The molecule has 1 amide bonds. The minimum absolute atomic E-state index is 0.0986. The lowest BCUT2D eigenvalue weighted by Crippen LogP contribution is -2.44.